The van der Waals surface area contributed by atoms with E-state index in [1.165, 1.54) is 16.2 Å². The van der Waals surface area contributed by atoms with Gasteiger partial charge < -0.3 is 10.5 Å². The molecule has 0 saturated heterocycles. The summed E-state index contributed by atoms with van der Waals surface area (Å²) in [5.74, 6) is 0.574. The first-order valence-corrected chi connectivity index (χ1v) is 7.67. The molecule has 0 unspecified atom stereocenters. The van der Waals surface area contributed by atoms with Gasteiger partial charge in [-0.25, -0.2) is 4.79 Å². The molecule has 0 fully saturated rings. The lowest BCUT2D eigenvalue weighted by atomic mass is 9.95. The van der Waals surface area contributed by atoms with Crippen LogP contribution in [-0.2, 0) is 11.2 Å². The number of nitrogens with two attached hydrogens (primary N) is 1. The zero-order valence-corrected chi connectivity index (χ0v) is 13.6. The van der Waals surface area contributed by atoms with E-state index in [1.54, 1.807) is 0 Å². The summed E-state index contributed by atoms with van der Waals surface area (Å²) >= 11 is 1.52. The van der Waals surface area contributed by atoms with Crippen LogP contribution in [0.25, 0.3) is 0 Å². The van der Waals surface area contributed by atoms with Crippen molar-refractivity contribution < 1.29 is 9.53 Å². The quantitative estimate of drug-likeness (QED) is 0.823. The molecule has 0 aliphatic carbocycles. The van der Waals surface area contributed by atoms with Gasteiger partial charge in [-0.2, -0.15) is 0 Å². The van der Waals surface area contributed by atoms with E-state index in [1.807, 2.05) is 13.8 Å². The maximum Gasteiger partial charge on any atom is 0.341 e. The third-order valence-corrected chi connectivity index (χ3v) is 4.11. The third kappa shape index (κ3) is 3.96. The van der Waals surface area contributed by atoms with E-state index >= 15 is 0 Å². The first-order valence-electron chi connectivity index (χ1n) is 6.86. The number of anilines is 1. The largest absolute Gasteiger partial charge is 0.459 e. The van der Waals surface area contributed by atoms with Crippen molar-refractivity contribution in [2.24, 2.45) is 5.92 Å². The molecule has 0 aliphatic rings. The van der Waals surface area contributed by atoms with Crippen LogP contribution in [0.3, 0.4) is 0 Å². The molecular formula is C15H25NO2S. The molecule has 0 amide bonds. The Morgan fingerprint density at radius 3 is 2.21 bits per heavy atom. The second-order valence-corrected chi connectivity index (χ2v) is 6.97. The summed E-state index contributed by atoms with van der Waals surface area (Å²) in [5, 5.41) is 0.588. The van der Waals surface area contributed by atoms with Crippen LogP contribution in [0.1, 0.15) is 68.3 Å². The lowest BCUT2D eigenvalue weighted by Crippen LogP contribution is -2.15. The minimum Gasteiger partial charge on any atom is -0.459 e. The summed E-state index contributed by atoms with van der Waals surface area (Å²) in [7, 11) is 0. The fourth-order valence-corrected chi connectivity index (χ4v) is 3.17. The molecule has 0 aromatic carbocycles. The minimum absolute atomic E-state index is 0.124. The molecular weight excluding hydrogens is 258 g/mol. The van der Waals surface area contributed by atoms with E-state index in [9.17, 15) is 4.79 Å². The summed E-state index contributed by atoms with van der Waals surface area (Å²) in [4.78, 5) is 13.4. The zero-order chi connectivity index (χ0) is 14.7. The molecule has 108 valence electrons. The average molecular weight is 283 g/mol. The first-order chi connectivity index (χ1) is 8.73. The van der Waals surface area contributed by atoms with E-state index in [4.69, 9.17) is 10.5 Å². The highest BCUT2D eigenvalue weighted by molar-refractivity contribution is 7.16. The maximum atomic E-state index is 12.2. The first kappa shape index (κ1) is 16.0. The number of thiophene rings is 1. The predicted octanol–water partition coefficient (Wildman–Crippen LogP) is 4.22. The number of hydrogen-bond donors (Lipinski definition) is 1. The Hall–Kier alpha value is -1.03. The molecule has 0 bridgehead atoms. The van der Waals surface area contributed by atoms with Crippen LogP contribution in [0, 0.1) is 5.92 Å². The Kier molecular flexibility index (Phi) is 5.41. The van der Waals surface area contributed by atoms with Gasteiger partial charge in [0.15, 0.2) is 0 Å². The van der Waals surface area contributed by atoms with Gasteiger partial charge in [0.05, 0.1) is 11.7 Å². The molecule has 0 spiro atoms. The van der Waals surface area contributed by atoms with Crippen molar-refractivity contribution in [2.45, 2.75) is 60.0 Å². The number of ether oxygens (including phenoxy) is 1. The van der Waals surface area contributed by atoms with E-state index in [2.05, 4.69) is 27.7 Å². The van der Waals surface area contributed by atoms with Gasteiger partial charge in [0.1, 0.15) is 5.00 Å². The van der Waals surface area contributed by atoms with Gasteiger partial charge in [0.2, 0.25) is 0 Å². The Bertz CT molecular complexity index is 447. The molecule has 1 heterocycles. The summed E-state index contributed by atoms with van der Waals surface area (Å²) in [6, 6.07) is 0. The van der Waals surface area contributed by atoms with Crippen LogP contribution in [0.4, 0.5) is 5.00 Å². The molecule has 1 aromatic rings. The molecule has 1 aromatic heterocycles. The van der Waals surface area contributed by atoms with Crippen molar-refractivity contribution in [3.8, 4) is 0 Å². The third-order valence-electron chi connectivity index (χ3n) is 2.75. The molecule has 1 rings (SSSR count). The highest BCUT2D eigenvalue weighted by Crippen LogP contribution is 2.37. The highest BCUT2D eigenvalue weighted by atomic mass is 32.1. The van der Waals surface area contributed by atoms with Crippen LogP contribution < -0.4 is 5.73 Å². The highest BCUT2D eigenvalue weighted by Gasteiger charge is 2.25. The normalized spacial score (nSPS) is 11.6. The van der Waals surface area contributed by atoms with Gasteiger partial charge in [0, 0.05) is 4.88 Å². The average Bonchev–Trinajstić information content (AvgIpc) is 2.53. The summed E-state index contributed by atoms with van der Waals surface area (Å²) in [6.07, 6.45) is 0.741. The number of nitrogen functional groups attached to an aromatic ring is 1. The van der Waals surface area contributed by atoms with Crippen LogP contribution in [0.15, 0.2) is 0 Å². The van der Waals surface area contributed by atoms with E-state index < -0.39 is 0 Å². The predicted molar refractivity (Wildman–Crippen MR) is 81.9 cm³/mol. The van der Waals surface area contributed by atoms with Crippen LogP contribution in [-0.4, -0.2) is 12.1 Å². The smallest absolute Gasteiger partial charge is 0.341 e. The van der Waals surface area contributed by atoms with Crippen molar-refractivity contribution in [3.63, 3.8) is 0 Å². The summed E-state index contributed by atoms with van der Waals surface area (Å²) < 4.78 is 5.32. The van der Waals surface area contributed by atoms with Gasteiger partial charge in [-0.05, 0) is 37.7 Å². The number of hydrogen-bond acceptors (Lipinski definition) is 4. The van der Waals surface area contributed by atoms with Gasteiger partial charge in [-0.3, -0.25) is 0 Å². The van der Waals surface area contributed by atoms with Gasteiger partial charge >= 0.3 is 5.97 Å². The zero-order valence-electron chi connectivity index (χ0n) is 12.7. The molecule has 0 radical (unpaired) electrons. The lowest BCUT2D eigenvalue weighted by molar-refractivity contribution is 0.0378. The van der Waals surface area contributed by atoms with E-state index in [-0.39, 0.29) is 12.1 Å². The van der Waals surface area contributed by atoms with E-state index in [0.29, 0.717) is 22.4 Å². The number of carbonyl (C=O) groups excluding carboxylic acids is 1. The summed E-state index contributed by atoms with van der Waals surface area (Å²) in [6.45, 7) is 12.3. The molecule has 19 heavy (non-hydrogen) atoms. The van der Waals surface area contributed by atoms with Crippen LogP contribution >= 0.6 is 11.3 Å². The fourth-order valence-electron chi connectivity index (χ4n) is 2.08. The Balaban J connectivity index is 3.24. The maximum absolute atomic E-state index is 12.2. The minimum atomic E-state index is -0.286. The monoisotopic (exact) mass is 283 g/mol. The van der Waals surface area contributed by atoms with Crippen LogP contribution in [0.5, 0.6) is 0 Å². The second kappa shape index (κ2) is 6.42. The van der Waals surface area contributed by atoms with Gasteiger partial charge in [0.25, 0.3) is 0 Å². The molecule has 0 aliphatic heterocycles. The van der Waals surface area contributed by atoms with Crippen molar-refractivity contribution >= 4 is 22.3 Å². The second-order valence-electron chi connectivity index (χ2n) is 5.89. The van der Waals surface area contributed by atoms with Crippen molar-refractivity contribution in [1.82, 2.24) is 0 Å². The molecule has 4 heteroatoms. The standard InChI is InChI=1S/C15H25NO2S/c1-8(2)7-11-12(15(17)18-10(5)6)14(16)19-13(11)9(3)4/h8-10H,7,16H2,1-6H3. The van der Waals surface area contributed by atoms with Crippen molar-refractivity contribution in [2.75, 3.05) is 5.73 Å². The number of esters is 1. The number of carbonyl (C=O) groups is 1. The SMILES string of the molecule is CC(C)Cc1c(C(C)C)sc(N)c1C(=O)OC(C)C. The Morgan fingerprint density at radius 2 is 1.79 bits per heavy atom. The van der Waals surface area contributed by atoms with Gasteiger partial charge in [-0.15, -0.1) is 11.3 Å². The van der Waals surface area contributed by atoms with Crippen molar-refractivity contribution in [3.05, 3.63) is 16.0 Å². The molecule has 0 atom stereocenters. The Morgan fingerprint density at radius 1 is 1.21 bits per heavy atom. The molecule has 3 nitrogen and oxygen atoms in total. The molecule has 0 saturated carbocycles. The topological polar surface area (TPSA) is 52.3 Å². The van der Waals surface area contributed by atoms with Gasteiger partial charge in [-0.1, -0.05) is 27.7 Å². The van der Waals surface area contributed by atoms with E-state index in [0.717, 1.165) is 12.0 Å². The number of rotatable bonds is 5. The Labute approximate surface area is 120 Å². The summed E-state index contributed by atoms with van der Waals surface area (Å²) in [5.41, 5.74) is 7.73. The fraction of sp³-hybridized carbons (Fsp3) is 0.667. The molecule has 2 N–H and O–H groups in total. The van der Waals surface area contributed by atoms with Crippen molar-refractivity contribution in [1.29, 1.82) is 0 Å². The lowest BCUT2D eigenvalue weighted by Gasteiger charge is -2.13. The van der Waals surface area contributed by atoms with Crippen LogP contribution in [0.2, 0.25) is 0 Å².